The molecule has 1 aliphatic heterocycles. The lowest BCUT2D eigenvalue weighted by atomic mass is 10.0. The van der Waals surface area contributed by atoms with Gasteiger partial charge in [-0.05, 0) is 69.5 Å². The van der Waals surface area contributed by atoms with E-state index in [1.165, 1.54) is 5.56 Å². The smallest absolute Gasteiger partial charge is 0.255 e. The number of halogens is 1. The molecule has 1 aliphatic rings. The number of nitrogens with one attached hydrogen (secondary N) is 3. The minimum Gasteiger partial charge on any atom is -0.493 e. The van der Waals surface area contributed by atoms with Gasteiger partial charge in [-0.3, -0.25) is 19.3 Å². The highest BCUT2D eigenvalue weighted by molar-refractivity contribution is 6.31. The van der Waals surface area contributed by atoms with Gasteiger partial charge in [0.2, 0.25) is 11.8 Å². The summed E-state index contributed by atoms with van der Waals surface area (Å²) in [5.41, 5.74) is 2.54. The molecule has 1 heterocycles. The van der Waals surface area contributed by atoms with Gasteiger partial charge in [-0.15, -0.1) is 0 Å². The van der Waals surface area contributed by atoms with E-state index < -0.39 is 11.9 Å². The van der Waals surface area contributed by atoms with Crippen LogP contribution in [0.3, 0.4) is 0 Å². The molecule has 3 N–H and O–H groups in total. The fraction of sp³-hybridized carbons (Fsp3) is 0.500. The Morgan fingerprint density at radius 3 is 2.56 bits per heavy atom. The Hall–Kier alpha value is -3.10. The zero-order valence-corrected chi connectivity index (χ0v) is 24.0. The average molecular weight is 557 g/mol. The van der Waals surface area contributed by atoms with Crippen molar-refractivity contribution in [3.8, 4) is 5.75 Å². The summed E-state index contributed by atoms with van der Waals surface area (Å²) in [7, 11) is 0. The molecule has 0 saturated heterocycles. The third-order valence-corrected chi connectivity index (χ3v) is 7.29. The van der Waals surface area contributed by atoms with Crippen LogP contribution in [-0.4, -0.2) is 61.4 Å². The molecular formula is C30H41ClN4O4. The average Bonchev–Trinajstić information content (AvgIpc) is 2.93. The number of ether oxygens (including phenoxy) is 1. The van der Waals surface area contributed by atoms with Gasteiger partial charge in [-0.2, -0.15) is 0 Å². The van der Waals surface area contributed by atoms with Crippen LogP contribution in [0.4, 0.5) is 0 Å². The summed E-state index contributed by atoms with van der Waals surface area (Å²) in [5.74, 6) is -0.533. The van der Waals surface area contributed by atoms with Crippen LogP contribution in [-0.2, 0) is 9.59 Å². The summed E-state index contributed by atoms with van der Waals surface area (Å²) in [6.45, 7) is 9.25. The molecule has 0 radical (unpaired) electrons. The lowest BCUT2D eigenvalue weighted by Crippen LogP contribution is -2.49. The Labute approximate surface area is 236 Å². The van der Waals surface area contributed by atoms with Gasteiger partial charge in [-0.25, -0.2) is 0 Å². The Bertz CT molecular complexity index is 1100. The molecule has 0 aliphatic carbocycles. The van der Waals surface area contributed by atoms with Crippen molar-refractivity contribution in [2.24, 2.45) is 0 Å². The standard InChI is InChI=1S/C30H41ClN4O4/c1-4-35(5-2)26(22-11-9-21(3)10-12-22)20-33-30(38)25-14-16-28(36)32-17-7-6-8-18-39-27-15-13-23(31)19-24(27)29(37)34-25/h9-13,15,19,25-26H,4-8,14,16-18,20H2,1-3H3,(H,32,36)(H,33,38)(H,34,37)/t25-,26?/m0/s1. The van der Waals surface area contributed by atoms with Crippen LogP contribution in [0.2, 0.25) is 5.02 Å². The number of amides is 3. The predicted molar refractivity (Wildman–Crippen MR) is 154 cm³/mol. The van der Waals surface area contributed by atoms with Crippen molar-refractivity contribution in [3.63, 3.8) is 0 Å². The topological polar surface area (TPSA) is 99.8 Å². The van der Waals surface area contributed by atoms with E-state index in [2.05, 4.69) is 59.0 Å². The van der Waals surface area contributed by atoms with Crippen LogP contribution >= 0.6 is 11.6 Å². The van der Waals surface area contributed by atoms with Gasteiger partial charge in [0.25, 0.3) is 5.91 Å². The monoisotopic (exact) mass is 556 g/mol. The van der Waals surface area contributed by atoms with Gasteiger partial charge in [0.1, 0.15) is 11.8 Å². The highest BCUT2D eigenvalue weighted by Gasteiger charge is 2.26. The fourth-order valence-electron chi connectivity index (χ4n) is 4.72. The highest BCUT2D eigenvalue weighted by Crippen LogP contribution is 2.24. The highest BCUT2D eigenvalue weighted by atomic mass is 35.5. The van der Waals surface area contributed by atoms with Crippen molar-refractivity contribution in [1.82, 2.24) is 20.9 Å². The molecule has 1 unspecified atom stereocenters. The summed E-state index contributed by atoms with van der Waals surface area (Å²) >= 11 is 6.19. The summed E-state index contributed by atoms with van der Waals surface area (Å²) in [6, 6.07) is 12.3. The number of carbonyl (C=O) groups excluding carboxylic acids is 3. The van der Waals surface area contributed by atoms with Crippen molar-refractivity contribution in [2.75, 3.05) is 32.8 Å². The van der Waals surface area contributed by atoms with Gasteiger partial charge in [0, 0.05) is 24.5 Å². The minimum atomic E-state index is -0.907. The van der Waals surface area contributed by atoms with Crippen LogP contribution in [0, 0.1) is 6.92 Å². The van der Waals surface area contributed by atoms with Crippen LogP contribution in [0.1, 0.15) is 73.5 Å². The van der Waals surface area contributed by atoms with Crippen molar-refractivity contribution < 1.29 is 19.1 Å². The summed E-state index contributed by atoms with van der Waals surface area (Å²) in [4.78, 5) is 41.6. The Morgan fingerprint density at radius 1 is 1.10 bits per heavy atom. The van der Waals surface area contributed by atoms with Gasteiger partial charge in [0.15, 0.2) is 0 Å². The summed E-state index contributed by atoms with van der Waals surface area (Å²) in [6.07, 6.45) is 2.79. The maximum absolute atomic E-state index is 13.5. The van der Waals surface area contributed by atoms with E-state index in [0.717, 1.165) is 37.9 Å². The summed E-state index contributed by atoms with van der Waals surface area (Å²) in [5, 5.41) is 9.18. The van der Waals surface area contributed by atoms with Crippen LogP contribution in [0.25, 0.3) is 0 Å². The van der Waals surface area contributed by atoms with E-state index in [-0.39, 0.29) is 36.3 Å². The van der Waals surface area contributed by atoms with Gasteiger partial charge in [0.05, 0.1) is 18.2 Å². The molecule has 2 aromatic rings. The first-order valence-corrected chi connectivity index (χ1v) is 14.3. The third kappa shape index (κ3) is 9.25. The molecule has 212 valence electrons. The molecule has 3 amide bonds. The van der Waals surface area contributed by atoms with Crippen LogP contribution < -0.4 is 20.7 Å². The quantitative estimate of drug-likeness (QED) is 0.469. The normalized spacial score (nSPS) is 18.0. The first-order chi connectivity index (χ1) is 18.8. The minimum absolute atomic E-state index is 0.0289. The number of likely N-dealkylation sites (N-methyl/N-ethyl adjacent to an activating group) is 1. The second-order valence-electron chi connectivity index (χ2n) is 9.86. The maximum atomic E-state index is 13.5. The van der Waals surface area contributed by atoms with Crippen molar-refractivity contribution in [3.05, 3.63) is 64.2 Å². The summed E-state index contributed by atoms with van der Waals surface area (Å²) < 4.78 is 5.88. The number of hydrogen-bond donors (Lipinski definition) is 3. The molecule has 0 fully saturated rings. The molecule has 9 heteroatoms. The van der Waals surface area contributed by atoms with E-state index in [9.17, 15) is 14.4 Å². The van der Waals surface area contributed by atoms with Crippen LogP contribution in [0.15, 0.2) is 42.5 Å². The lowest BCUT2D eigenvalue weighted by molar-refractivity contribution is -0.124. The lowest BCUT2D eigenvalue weighted by Gasteiger charge is -2.31. The Morgan fingerprint density at radius 2 is 1.85 bits per heavy atom. The molecule has 39 heavy (non-hydrogen) atoms. The molecule has 0 bridgehead atoms. The van der Waals surface area contributed by atoms with Gasteiger partial charge in [-0.1, -0.05) is 55.3 Å². The first-order valence-electron chi connectivity index (χ1n) is 13.9. The number of rotatable bonds is 7. The van der Waals surface area contributed by atoms with Gasteiger partial charge < -0.3 is 20.7 Å². The molecule has 3 rings (SSSR count). The molecule has 2 aromatic carbocycles. The van der Waals surface area contributed by atoms with E-state index in [4.69, 9.17) is 16.3 Å². The molecule has 8 nitrogen and oxygen atoms in total. The number of nitrogens with zero attached hydrogens (tertiary/aromatic N) is 1. The number of aryl methyl sites for hydroxylation is 1. The second kappa shape index (κ2) is 15.5. The van der Waals surface area contributed by atoms with E-state index >= 15 is 0 Å². The molecule has 0 spiro atoms. The van der Waals surface area contributed by atoms with E-state index in [1.54, 1.807) is 18.2 Å². The number of fused-ring (bicyclic) bond motifs is 1. The zero-order chi connectivity index (χ0) is 28.2. The number of benzene rings is 2. The van der Waals surface area contributed by atoms with Crippen molar-refractivity contribution >= 4 is 29.3 Å². The Balaban J connectivity index is 1.81. The van der Waals surface area contributed by atoms with Crippen molar-refractivity contribution in [2.45, 2.75) is 65.0 Å². The number of hydrogen-bond acceptors (Lipinski definition) is 5. The van der Waals surface area contributed by atoms with E-state index in [0.29, 0.717) is 30.5 Å². The van der Waals surface area contributed by atoms with Crippen LogP contribution in [0.5, 0.6) is 5.75 Å². The first kappa shape index (κ1) is 30.4. The van der Waals surface area contributed by atoms with E-state index in [1.807, 2.05) is 6.92 Å². The molecule has 0 saturated carbocycles. The Kier molecular flexibility index (Phi) is 12.1. The number of carbonyl (C=O) groups is 3. The molecular weight excluding hydrogens is 516 g/mol. The maximum Gasteiger partial charge on any atom is 0.255 e. The zero-order valence-electron chi connectivity index (χ0n) is 23.2. The molecule has 2 atom stereocenters. The SMILES string of the molecule is CCN(CC)C(CNC(=O)[C@@H]1CCC(=O)NCCCCCOc2ccc(Cl)cc2C(=O)N1)c1ccc(C)cc1. The van der Waals surface area contributed by atoms with Gasteiger partial charge >= 0.3 is 0 Å². The van der Waals surface area contributed by atoms with Crippen molar-refractivity contribution in [1.29, 1.82) is 0 Å². The molecule has 0 aromatic heterocycles. The fourth-order valence-corrected chi connectivity index (χ4v) is 4.89. The third-order valence-electron chi connectivity index (χ3n) is 7.05. The second-order valence-corrected chi connectivity index (χ2v) is 10.3. The largest absolute Gasteiger partial charge is 0.493 e. The predicted octanol–water partition coefficient (Wildman–Crippen LogP) is 4.41.